The monoisotopic (exact) mass is 430 g/mol. The first-order valence-electron chi connectivity index (χ1n) is 10.7. The number of amides is 1. The Kier molecular flexibility index (Phi) is 7.12. The third kappa shape index (κ3) is 5.52. The average molecular weight is 431 g/mol. The van der Waals surface area contributed by atoms with Gasteiger partial charge < -0.3 is 10.1 Å². The maximum absolute atomic E-state index is 12.7. The summed E-state index contributed by atoms with van der Waals surface area (Å²) in [4.78, 5) is 17.2. The maximum Gasteiger partial charge on any atom is 0.239 e. The molecular formula is C24H26N6O2. The maximum atomic E-state index is 12.7. The van der Waals surface area contributed by atoms with Crippen LogP contribution in [0.5, 0.6) is 5.75 Å². The number of nitrogens with one attached hydrogen (secondary N) is 1. The van der Waals surface area contributed by atoms with Gasteiger partial charge in [0.1, 0.15) is 24.0 Å². The molecule has 1 fully saturated rings. The van der Waals surface area contributed by atoms with E-state index in [4.69, 9.17) is 4.74 Å². The van der Waals surface area contributed by atoms with Crippen LogP contribution < -0.4 is 10.1 Å². The van der Waals surface area contributed by atoms with Gasteiger partial charge in [0, 0.05) is 32.7 Å². The number of carbonyl (C=O) groups excluding carboxylic acids is 1. The highest BCUT2D eigenvalue weighted by molar-refractivity contribution is 5.93. The van der Waals surface area contributed by atoms with Crippen LogP contribution in [0.2, 0.25) is 0 Å². The van der Waals surface area contributed by atoms with E-state index >= 15 is 0 Å². The van der Waals surface area contributed by atoms with E-state index in [1.165, 1.54) is 6.20 Å². The van der Waals surface area contributed by atoms with E-state index in [0.717, 1.165) is 44.2 Å². The molecule has 8 nitrogen and oxygen atoms in total. The summed E-state index contributed by atoms with van der Waals surface area (Å²) in [6.07, 6.45) is 1.47. The molecule has 1 N–H and O–H groups in total. The zero-order chi connectivity index (χ0) is 22.2. The van der Waals surface area contributed by atoms with Crippen LogP contribution in [0.25, 0.3) is 5.69 Å². The topological polar surface area (TPSA) is 86.4 Å². The Morgan fingerprint density at radius 2 is 1.66 bits per heavy atom. The van der Waals surface area contributed by atoms with Gasteiger partial charge in [-0.2, -0.15) is 10.4 Å². The molecule has 8 heteroatoms. The fourth-order valence-corrected chi connectivity index (χ4v) is 3.67. The van der Waals surface area contributed by atoms with Gasteiger partial charge in [-0.15, -0.1) is 0 Å². The van der Waals surface area contributed by atoms with Crippen molar-refractivity contribution in [3.05, 3.63) is 72.4 Å². The van der Waals surface area contributed by atoms with Crippen LogP contribution in [0.15, 0.2) is 66.9 Å². The van der Waals surface area contributed by atoms with E-state index in [1.54, 1.807) is 4.68 Å². The number of benzene rings is 2. The Hall–Kier alpha value is -3.67. The molecule has 0 radical (unpaired) electrons. The minimum Gasteiger partial charge on any atom is -0.492 e. The molecule has 1 amide bonds. The standard InChI is InChI=1S/C24H26N6O2/c25-17-20-18-26-30(21-7-3-1-4-8-21)24(20)27-23(31)19-29-13-11-28(12-14-29)15-16-32-22-9-5-2-6-10-22/h1-10,18H,11-16,19H2,(H,27,31). The smallest absolute Gasteiger partial charge is 0.239 e. The molecular weight excluding hydrogens is 404 g/mol. The predicted octanol–water partition coefficient (Wildman–Crippen LogP) is 2.38. The number of hydrogen-bond acceptors (Lipinski definition) is 6. The van der Waals surface area contributed by atoms with Crippen LogP contribution in [0.3, 0.4) is 0 Å². The number of piperazine rings is 1. The molecule has 0 aliphatic carbocycles. The molecule has 2 heterocycles. The summed E-state index contributed by atoms with van der Waals surface area (Å²) in [6, 6.07) is 21.4. The van der Waals surface area contributed by atoms with Crippen molar-refractivity contribution in [3.63, 3.8) is 0 Å². The van der Waals surface area contributed by atoms with Gasteiger partial charge in [-0.1, -0.05) is 36.4 Å². The number of carbonyl (C=O) groups is 1. The van der Waals surface area contributed by atoms with E-state index in [2.05, 4.69) is 26.3 Å². The van der Waals surface area contributed by atoms with E-state index in [9.17, 15) is 10.1 Å². The van der Waals surface area contributed by atoms with Gasteiger partial charge in [-0.3, -0.25) is 14.6 Å². The summed E-state index contributed by atoms with van der Waals surface area (Å²) in [6.45, 7) is 5.16. The number of nitrogens with zero attached hydrogens (tertiary/aromatic N) is 5. The highest BCUT2D eigenvalue weighted by Gasteiger charge is 2.21. The van der Waals surface area contributed by atoms with E-state index in [1.807, 2.05) is 60.7 Å². The Bertz CT molecular complexity index is 1050. The first-order chi connectivity index (χ1) is 15.7. The van der Waals surface area contributed by atoms with Gasteiger partial charge in [-0.05, 0) is 24.3 Å². The average Bonchev–Trinajstić information content (AvgIpc) is 3.24. The number of para-hydroxylation sites is 2. The third-order valence-electron chi connectivity index (χ3n) is 5.40. The summed E-state index contributed by atoms with van der Waals surface area (Å²) in [7, 11) is 0. The van der Waals surface area contributed by atoms with Crippen molar-refractivity contribution in [2.24, 2.45) is 0 Å². The normalized spacial score (nSPS) is 14.6. The highest BCUT2D eigenvalue weighted by Crippen LogP contribution is 2.19. The highest BCUT2D eigenvalue weighted by atomic mass is 16.5. The number of rotatable bonds is 8. The largest absolute Gasteiger partial charge is 0.492 e. The van der Waals surface area contributed by atoms with Crippen molar-refractivity contribution >= 4 is 11.7 Å². The van der Waals surface area contributed by atoms with Crippen molar-refractivity contribution < 1.29 is 9.53 Å². The van der Waals surface area contributed by atoms with Gasteiger partial charge in [0.15, 0.2) is 5.82 Å². The number of ether oxygens (including phenoxy) is 1. The Balaban J connectivity index is 1.25. The third-order valence-corrected chi connectivity index (χ3v) is 5.40. The molecule has 0 spiro atoms. The molecule has 0 unspecified atom stereocenters. The quantitative estimate of drug-likeness (QED) is 0.591. The van der Waals surface area contributed by atoms with Crippen molar-refractivity contribution in [3.8, 4) is 17.5 Å². The summed E-state index contributed by atoms with van der Waals surface area (Å²) in [5, 5.41) is 16.6. The molecule has 0 bridgehead atoms. The van der Waals surface area contributed by atoms with Crippen LogP contribution in [0.1, 0.15) is 5.56 Å². The first-order valence-corrected chi connectivity index (χ1v) is 10.7. The van der Waals surface area contributed by atoms with Crippen molar-refractivity contribution in [1.82, 2.24) is 19.6 Å². The van der Waals surface area contributed by atoms with Gasteiger partial charge in [0.25, 0.3) is 0 Å². The van der Waals surface area contributed by atoms with Crippen LogP contribution in [0, 0.1) is 11.3 Å². The van der Waals surface area contributed by atoms with Crippen molar-refractivity contribution in [2.45, 2.75) is 0 Å². The molecule has 32 heavy (non-hydrogen) atoms. The fraction of sp³-hybridized carbons (Fsp3) is 0.292. The van der Waals surface area contributed by atoms with E-state index in [0.29, 0.717) is 18.0 Å². The molecule has 1 aliphatic rings. The van der Waals surface area contributed by atoms with Gasteiger partial charge in [0.05, 0.1) is 18.4 Å². The Morgan fingerprint density at radius 1 is 1.00 bits per heavy atom. The Morgan fingerprint density at radius 3 is 2.34 bits per heavy atom. The molecule has 1 saturated heterocycles. The number of hydrogen-bond donors (Lipinski definition) is 1. The minimum atomic E-state index is -0.153. The van der Waals surface area contributed by atoms with Crippen LogP contribution >= 0.6 is 0 Å². The summed E-state index contributed by atoms with van der Waals surface area (Å²) in [5.41, 5.74) is 1.13. The van der Waals surface area contributed by atoms with Gasteiger partial charge in [-0.25, -0.2) is 4.68 Å². The second kappa shape index (κ2) is 10.6. The second-order valence-electron chi connectivity index (χ2n) is 7.59. The SMILES string of the molecule is N#Cc1cnn(-c2ccccc2)c1NC(=O)CN1CCN(CCOc2ccccc2)CC1. The van der Waals surface area contributed by atoms with Gasteiger partial charge >= 0.3 is 0 Å². The molecule has 4 rings (SSSR count). The molecule has 2 aromatic carbocycles. The minimum absolute atomic E-state index is 0.153. The number of nitriles is 1. The molecule has 0 atom stereocenters. The molecule has 0 saturated carbocycles. The van der Waals surface area contributed by atoms with Crippen LogP contribution in [-0.4, -0.2) is 71.4 Å². The van der Waals surface area contributed by atoms with Gasteiger partial charge in [0.2, 0.25) is 5.91 Å². The molecule has 1 aliphatic heterocycles. The van der Waals surface area contributed by atoms with Crippen molar-refractivity contribution in [2.75, 3.05) is 51.2 Å². The number of aromatic nitrogens is 2. The van der Waals surface area contributed by atoms with E-state index in [-0.39, 0.29) is 12.5 Å². The summed E-state index contributed by atoms with van der Waals surface area (Å²) >= 11 is 0. The zero-order valence-corrected chi connectivity index (χ0v) is 17.9. The van der Waals surface area contributed by atoms with E-state index < -0.39 is 0 Å². The second-order valence-corrected chi connectivity index (χ2v) is 7.59. The lowest BCUT2D eigenvalue weighted by atomic mass is 10.3. The first kappa shape index (κ1) is 21.6. The molecule has 164 valence electrons. The lowest BCUT2D eigenvalue weighted by Gasteiger charge is -2.34. The van der Waals surface area contributed by atoms with Crippen molar-refractivity contribution in [1.29, 1.82) is 5.26 Å². The predicted molar refractivity (Wildman–Crippen MR) is 122 cm³/mol. The molecule has 1 aromatic heterocycles. The lowest BCUT2D eigenvalue weighted by molar-refractivity contribution is -0.117. The Labute approximate surface area is 187 Å². The zero-order valence-electron chi connectivity index (χ0n) is 17.9. The number of anilines is 1. The summed E-state index contributed by atoms with van der Waals surface area (Å²) in [5.74, 6) is 1.13. The van der Waals surface area contributed by atoms with Crippen LogP contribution in [-0.2, 0) is 4.79 Å². The fourth-order valence-electron chi connectivity index (χ4n) is 3.67. The lowest BCUT2D eigenvalue weighted by Crippen LogP contribution is -2.49. The van der Waals surface area contributed by atoms with Crippen LogP contribution in [0.4, 0.5) is 5.82 Å². The summed E-state index contributed by atoms with van der Waals surface area (Å²) < 4.78 is 7.36. The molecule has 3 aromatic rings.